The van der Waals surface area contributed by atoms with Gasteiger partial charge < -0.3 is 10.6 Å². The van der Waals surface area contributed by atoms with Crippen molar-refractivity contribution in [1.82, 2.24) is 4.98 Å². The summed E-state index contributed by atoms with van der Waals surface area (Å²) in [7, 11) is 0. The molecule has 0 radical (unpaired) electrons. The zero-order valence-electron chi connectivity index (χ0n) is 11.1. The highest BCUT2D eigenvalue weighted by Gasteiger charge is 2.25. The summed E-state index contributed by atoms with van der Waals surface area (Å²) < 4.78 is 0. The van der Waals surface area contributed by atoms with Gasteiger partial charge in [-0.05, 0) is 42.9 Å². The molecule has 1 aliphatic rings. The average Bonchev–Trinajstić information content (AvgIpc) is 2.29. The first kappa shape index (κ1) is 12.4. The lowest BCUT2D eigenvalue weighted by Gasteiger charge is -2.37. The predicted octanol–water partition coefficient (Wildman–Crippen LogP) is 2.73. The fourth-order valence-corrected chi connectivity index (χ4v) is 2.23. The minimum atomic E-state index is 0.0815. The second-order valence-electron chi connectivity index (χ2n) is 5.89. The minimum Gasteiger partial charge on any atom is -0.357 e. The molecule has 1 unspecified atom stereocenters. The summed E-state index contributed by atoms with van der Waals surface area (Å²) in [4.78, 5) is 6.84. The van der Waals surface area contributed by atoms with E-state index in [4.69, 9.17) is 5.73 Å². The van der Waals surface area contributed by atoms with Gasteiger partial charge in [-0.3, -0.25) is 0 Å². The Bertz CT molecular complexity index is 375. The van der Waals surface area contributed by atoms with Crippen molar-refractivity contribution < 1.29 is 0 Å². The van der Waals surface area contributed by atoms with Crippen LogP contribution in [-0.2, 0) is 0 Å². The SMILES string of the molecule is CC(N)c1ccnc(N2CCC(C)(C)CC2)c1. The average molecular weight is 233 g/mol. The lowest BCUT2D eigenvalue weighted by molar-refractivity contribution is 0.279. The van der Waals surface area contributed by atoms with Crippen LogP contribution in [0.25, 0.3) is 0 Å². The van der Waals surface area contributed by atoms with E-state index in [1.165, 1.54) is 18.4 Å². The van der Waals surface area contributed by atoms with Gasteiger partial charge >= 0.3 is 0 Å². The number of anilines is 1. The summed E-state index contributed by atoms with van der Waals surface area (Å²) in [6.45, 7) is 8.90. The monoisotopic (exact) mass is 233 g/mol. The predicted molar refractivity (Wildman–Crippen MR) is 72.1 cm³/mol. The molecular weight excluding hydrogens is 210 g/mol. The van der Waals surface area contributed by atoms with Gasteiger partial charge in [0.05, 0.1) is 0 Å². The smallest absolute Gasteiger partial charge is 0.128 e. The first-order valence-corrected chi connectivity index (χ1v) is 6.44. The number of nitrogens with two attached hydrogens (primary N) is 1. The van der Waals surface area contributed by atoms with Gasteiger partial charge in [-0.15, -0.1) is 0 Å². The Morgan fingerprint density at radius 2 is 2.00 bits per heavy atom. The Morgan fingerprint density at radius 3 is 2.59 bits per heavy atom. The molecule has 2 heterocycles. The molecule has 1 aromatic rings. The number of aromatic nitrogens is 1. The van der Waals surface area contributed by atoms with E-state index in [-0.39, 0.29) is 6.04 Å². The Morgan fingerprint density at radius 1 is 1.35 bits per heavy atom. The van der Waals surface area contributed by atoms with Crippen LogP contribution < -0.4 is 10.6 Å². The van der Waals surface area contributed by atoms with Crippen LogP contribution in [0.4, 0.5) is 5.82 Å². The topological polar surface area (TPSA) is 42.1 Å². The molecule has 1 aromatic heterocycles. The van der Waals surface area contributed by atoms with E-state index < -0.39 is 0 Å². The standard InChI is InChI=1S/C14H23N3/c1-11(15)12-4-7-16-13(10-12)17-8-5-14(2,3)6-9-17/h4,7,10-11H,5-6,8-9,15H2,1-3H3. The summed E-state index contributed by atoms with van der Waals surface area (Å²) in [6.07, 6.45) is 4.34. The second kappa shape index (κ2) is 4.65. The molecule has 1 fully saturated rings. The number of rotatable bonds is 2. The van der Waals surface area contributed by atoms with E-state index >= 15 is 0 Å². The summed E-state index contributed by atoms with van der Waals surface area (Å²) in [5.41, 5.74) is 7.56. The largest absolute Gasteiger partial charge is 0.357 e. The molecule has 1 saturated heterocycles. The van der Waals surface area contributed by atoms with Crippen molar-refractivity contribution in [3.05, 3.63) is 23.9 Å². The minimum absolute atomic E-state index is 0.0815. The van der Waals surface area contributed by atoms with Crippen LogP contribution in [0.15, 0.2) is 18.3 Å². The Balaban J connectivity index is 2.10. The van der Waals surface area contributed by atoms with Crippen molar-refractivity contribution in [3.63, 3.8) is 0 Å². The van der Waals surface area contributed by atoms with E-state index in [9.17, 15) is 0 Å². The highest BCUT2D eigenvalue weighted by molar-refractivity contribution is 5.42. The highest BCUT2D eigenvalue weighted by atomic mass is 15.2. The van der Waals surface area contributed by atoms with Crippen molar-refractivity contribution in [2.45, 2.75) is 39.7 Å². The summed E-state index contributed by atoms with van der Waals surface area (Å²) in [5, 5.41) is 0. The van der Waals surface area contributed by atoms with Gasteiger partial charge in [0.2, 0.25) is 0 Å². The molecule has 2 N–H and O–H groups in total. The van der Waals surface area contributed by atoms with Crippen LogP contribution in [0.1, 0.15) is 45.2 Å². The fourth-order valence-electron chi connectivity index (χ4n) is 2.23. The van der Waals surface area contributed by atoms with Gasteiger partial charge in [0, 0.05) is 25.3 Å². The lowest BCUT2D eigenvalue weighted by atomic mass is 9.83. The van der Waals surface area contributed by atoms with Gasteiger partial charge in [0.15, 0.2) is 0 Å². The van der Waals surface area contributed by atoms with Crippen LogP contribution in [0.5, 0.6) is 0 Å². The fraction of sp³-hybridized carbons (Fsp3) is 0.643. The third kappa shape index (κ3) is 2.97. The maximum absolute atomic E-state index is 5.91. The number of piperidine rings is 1. The van der Waals surface area contributed by atoms with Crippen molar-refractivity contribution >= 4 is 5.82 Å². The third-order valence-corrected chi connectivity index (χ3v) is 3.74. The van der Waals surface area contributed by atoms with Crippen LogP contribution in [0.3, 0.4) is 0 Å². The highest BCUT2D eigenvalue weighted by Crippen LogP contribution is 2.31. The van der Waals surface area contributed by atoms with Crippen LogP contribution in [0.2, 0.25) is 0 Å². The zero-order chi connectivity index (χ0) is 12.5. The normalized spacial score (nSPS) is 21.3. The van der Waals surface area contributed by atoms with Gasteiger partial charge in [0.1, 0.15) is 5.82 Å². The second-order valence-corrected chi connectivity index (χ2v) is 5.89. The first-order valence-electron chi connectivity index (χ1n) is 6.44. The molecule has 3 heteroatoms. The molecule has 0 aliphatic carbocycles. The van der Waals surface area contributed by atoms with Gasteiger partial charge in [-0.2, -0.15) is 0 Å². The number of hydrogen-bond acceptors (Lipinski definition) is 3. The lowest BCUT2D eigenvalue weighted by Crippen LogP contribution is -2.37. The zero-order valence-corrected chi connectivity index (χ0v) is 11.1. The van der Waals surface area contributed by atoms with Crippen LogP contribution in [0, 0.1) is 5.41 Å². The molecule has 0 amide bonds. The van der Waals surface area contributed by atoms with E-state index in [0.717, 1.165) is 18.9 Å². The van der Waals surface area contributed by atoms with E-state index in [2.05, 4.69) is 29.8 Å². The molecule has 0 spiro atoms. The van der Waals surface area contributed by atoms with Crippen molar-refractivity contribution in [2.75, 3.05) is 18.0 Å². The van der Waals surface area contributed by atoms with Crippen LogP contribution in [-0.4, -0.2) is 18.1 Å². The molecule has 94 valence electrons. The molecule has 1 aliphatic heterocycles. The van der Waals surface area contributed by atoms with Crippen LogP contribution >= 0.6 is 0 Å². The maximum atomic E-state index is 5.91. The molecule has 0 bridgehead atoms. The van der Waals surface area contributed by atoms with Gasteiger partial charge in [0.25, 0.3) is 0 Å². The van der Waals surface area contributed by atoms with E-state index in [1.807, 2.05) is 19.2 Å². The maximum Gasteiger partial charge on any atom is 0.128 e. The molecule has 17 heavy (non-hydrogen) atoms. The number of hydrogen-bond donors (Lipinski definition) is 1. The first-order chi connectivity index (χ1) is 7.98. The molecular formula is C14H23N3. The van der Waals surface area contributed by atoms with Gasteiger partial charge in [-0.25, -0.2) is 4.98 Å². The molecule has 0 saturated carbocycles. The summed E-state index contributed by atoms with van der Waals surface area (Å²) in [6, 6.07) is 4.21. The number of pyridine rings is 1. The molecule has 2 rings (SSSR count). The molecule has 1 atom stereocenters. The van der Waals surface area contributed by atoms with Crippen molar-refractivity contribution in [2.24, 2.45) is 11.1 Å². The Labute approximate surface area is 104 Å². The molecule has 3 nitrogen and oxygen atoms in total. The van der Waals surface area contributed by atoms with Gasteiger partial charge in [-0.1, -0.05) is 13.8 Å². The summed E-state index contributed by atoms with van der Waals surface area (Å²) >= 11 is 0. The Hall–Kier alpha value is -1.09. The van der Waals surface area contributed by atoms with E-state index in [1.54, 1.807) is 0 Å². The third-order valence-electron chi connectivity index (χ3n) is 3.74. The Kier molecular flexibility index (Phi) is 3.38. The summed E-state index contributed by atoms with van der Waals surface area (Å²) in [5.74, 6) is 1.08. The van der Waals surface area contributed by atoms with Crippen molar-refractivity contribution in [1.29, 1.82) is 0 Å². The molecule has 0 aromatic carbocycles. The number of nitrogens with zero attached hydrogens (tertiary/aromatic N) is 2. The van der Waals surface area contributed by atoms with Crippen molar-refractivity contribution in [3.8, 4) is 0 Å². The van der Waals surface area contributed by atoms with E-state index in [0.29, 0.717) is 5.41 Å². The quantitative estimate of drug-likeness (QED) is 0.854.